The lowest BCUT2D eigenvalue weighted by atomic mass is 9.83. The van der Waals surface area contributed by atoms with Gasteiger partial charge in [-0.05, 0) is 82.3 Å². The number of carbonyl (C=O) groups excluding carboxylic acids is 4. The third-order valence-corrected chi connectivity index (χ3v) is 18.2. The zero-order chi connectivity index (χ0) is 53.1. The second kappa shape index (κ2) is 20.3. The van der Waals surface area contributed by atoms with Crippen LogP contribution in [0.2, 0.25) is 0 Å². The number of aryl methyl sites for hydroxylation is 4. The van der Waals surface area contributed by atoms with Gasteiger partial charge in [-0.25, -0.2) is 0 Å². The van der Waals surface area contributed by atoms with E-state index in [9.17, 15) is 28.8 Å². The number of rotatable bonds is 14. The number of aromatic nitrogens is 4. The van der Waals surface area contributed by atoms with E-state index >= 15 is 0 Å². The fraction of sp³-hybridized carbons (Fsp3) is 0.238. The Balaban J connectivity index is 0.000000165. The van der Waals surface area contributed by atoms with Crippen LogP contribution in [0.4, 0.5) is 0 Å². The van der Waals surface area contributed by atoms with Crippen molar-refractivity contribution in [2.75, 3.05) is 19.4 Å². The normalized spacial score (nSPS) is 19.2. The van der Waals surface area contributed by atoms with Crippen molar-refractivity contribution in [1.29, 1.82) is 0 Å². The van der Waals surface area contributed by atoms with Gasteiger partial charge >= 0.3 is 7.60 Å². The lowest BCUT2D eigenvalue weighted by Crippen LogP contribution is -2.33. The summed E-state index contributed by atoms with van der Waals surface area (Å²) in [6, 6.07) is 47.0. The zero-order valence-corrected chi connectivity index (χ0v) is 43.7. The summed E-state index contributed by atoms with van der Waals surface area (Å²) in [4.78, 5) is 64.6. The number of fused-ring (bicyclic) bond motifs is 2. The summed E-state index contributed by atoms with van der Waals surface area (Å²) in [5.41, 5.74) is 11.7. The summed E-state index contributed by atoms with van der Waals surface area (Å²) in [5, 5.41) is 13.7. The molecule has 0 spiro atoms. The van der Waals surface area contributed by atoms with Gasteiger partial charge in [0.2, 0.25) is 23.6 Å². The van der Waals surface area contributed by atoms with Crippen LogP contribution >= 0.6 is 7.60 Å². The number of benzene rings is 6. The molecule has 4 aliphatic heterocycles. The first-order chi connectivity index (χ1) is 38.2. The van der Waals surface area contributed by atoms with Crippen molar-refractivity contribution in [2.45, 2.75) is 75.7 Å². The number of likely N-dealkylation sites (tertiary alicyclic amines) is 2. The highest BCUT2D eigenvalue weighted by atomic mass is 31.2. The van der Waals surface area contributed by atoms with E-state index in [-0.39, 0.29) is 49.5 Å². The van der Waals surface area contributed by atoms with Gasteiger partial charge in [-0.15, -0.1) is 0 Å². The highest BCUT2D eigenvalue weighted by Gasteiger charge is 2.52. The van der Waals surface area contributed by atoms with Crippen molar-refractivity contribution in [3.8, 4) is 0 Å². The van der Waals surface area contributed by atoms with E-state index in [4.69, 9.17) is 9.05 Å². The maximum atomic E-state index is 14.6. The minimum absolute atomic E-state index is 0.0806. The smallest absolute Gasteiger partial charge is 0.333 e. The number of nitrogens with one attached hydrogen (secondary N) is 2. The number of aliphatic hydroxyl groups excluding tert-OH is 1. The summed E-state index contributed by atoms with van der Waals surface area (Å²) in [5.74, 6) is -4.07. The number of para-hydroxylation sites is 4. The molecular formula is C63H57N6O8P. The van der Waals surface area contributed by atoms with Crippen molar-refractivity contribution in [3.63, 3.8) is 0 Å². The molecule has 14 nitrogen and oxygen atoms in total. The molecule has 3 N–H and O–H groups in total. The Morgan fingerprint density at radius 1 is 0.487 bits per heavy atom. The molecule has 78 heavy (non-hydrogen) atoms. The van der Waals surface area contributed by atoms with Crippen LogP contribution in [0.1, 0.15) is 81.0 Å². The van der Waals surface area contributed by atoms with Crippen molar-refractivity contribution >= 4 is 74.8 Å². The van der Waals surface area contributed by atoms with E-state index < -0.39 is 38.0 Å². The Morgan fingerprint density at radius 2 is 0.897 bits per heavy atom. The molecule has 4 aromatic heterocycles. The van der Waals surface area contributed by atoms with E-state index in [0.29, 0.717) is 0 Å². The molecule has 4 aliphatic rings. The second-order valence-corrected chi connectivity index (χ2v) is 23.0. The molecule has 2 fully saturated rings. The number of H-pyrrole nitrogens is 2. The van der Waals surface area contributed by atoms with E-state index in [1.54, 1.807) is 0 Å². The lowest BCUT2D eigenvalue weighted by molar-refractivity contribution is -0.143. The van der Waals surface area contributed by atoms with Gasteiger partial charge in [0.05, 0.1) is 54.1 Å². The summed E-state index contributed by atoms with van der Waals surface area (Å²) in [7, 11) is -3.76. The van der Waals surface area contributed by atoms with Crippen molar-refractivity contribution in [3.05, 3.63) is 215 Å². The fourth-order valence-electron chi connectivity index (χ4n) is 12.7. The van der Waals surface area contributed by atoms with E-state index in [0.717, 1.165) is 115 Å². The topological polar surface area (TPSA) is 172 Å². The molecule has 0 radical (unpaired) electrons. The van der Waals surface area contributed by atoms with E-state index in [2.05, 4.69) is 43.5 Å². The van der Waals surface area contributed by atoms with Gasteiger partial charge in [0.1, 0.15) is 6.73 Å². The molecule has 6 aromatic carbocycles. The van der Waals surface area contributed by atoms with Gasteiger partial charge in [0.25, 0.3) is 0 Å². The fourth-order valence-corrected chi connectivity index (χ4v) is 14.2. The molecule has 4 atom stereocenters. The molecule has 4 unspecified atom stereocenters. The van der Waals surface area contributed by atoms with Crippen LogP contribution in [-0.2, 0) is 71.9 Å². The summed E-state index contributed by atoms with van der Waals surface area (Å²) >= 11 is 0. The summed E-state index contributed by atoms with van der Waals surface area (Å²) in [6.07, 6.45) is 11.8. The quantitative estimate of drug-likeness (QED) is 0.0713. The molecule has 0 aliphatic carbocycles. The SMILES string of the molecule is O=C1C(c2c[nH]c3ccccc23)C(c2cn3c4c(cccc24)CCC3)C(=O)N1CCP(=O)(OCc1ccccc1)OCc1ccccc1.O=C1C(c2c[nH]c3ccccc23)C(c2cn3c4c(cccc24)CCC3)C(=O)N1CO. The number of amides is 4. The van der Waals surface area contributed by atoms with Crippen LogP contribution in [0.3, 0.4) is 0 Å². The molecule has 0 bridgehead atoms. The van der Waals surface area contributed by atoms with Gasteiger partial charge in [0.15, 0.2) is 0 Å². The number of nitrogens with zero attached hydrogens (tertiary/aromatic N) is 4. The van der Waals surface area contributed by atoms with Gasteiger partial charge in [-0.1, -0.05) is 133 Å². The highest BCUT2D eigenvalue weighted by molar-refractivity contribution is 7.53. The largest absolute Gasteiger partial charge is 0.376 e. The van der Waals surface area contributed by atoms with Crippen molar-refractivity contribution in [1.82, 2.24) is 28.9 Å². The van der Waals surface area contributed by atoms with Gasteiger partial charge in [-0.2, -0.15) is 0 Å². The monoisotopic (exact) mass is 1060 g/mol. The molecular weight excluding hydrogens is 1000 g/mol. The Kier molecular flexibility index (Phi) is 12.9. The third-order valence-electron chi connectivity index (χ3n) is 16.4. The Bertz CT molecular complexity index is 3960. The second-order valence-electron chi connectivity index (χ2n) is 20.8. The number of aliphatic hydroxyl groups is 1. The van der Waals surface area contributed by atoms with E-state index in [1.165, 1.54) is 21.5 Å². The number of aromatic amines is 2. The molecule has 4 amide bonds. The average molecular weight is 1060 g/mol. The van der Waals surface area contributed by atoms with E-state index in [1.807, 2.05) is 146 Å². The molecule has 2 saturated heterocycles. The maximum Gasteiger partial charge on any atom is 0.333 e. The minimum atomic E-state index is -3.76. The molecule has 15 heteroatoms. The van der Waals surface area contributed by atoms with Crippen LogP contribution in [0.15, 0.2) is 170 Å². The van der Waals surface area contributed by atoms with Crippen LogP contribution in [0, 0.1) is 0 Å². The summed E-state index contributed by atoms with van der Waals surface area (Å²) < 4.78 is 30.8. The molecule has 392 valence electrons. The first-order valence-electron chi connectivity index (χ1n) is 26.8. The molecule has 14 rings (SSSR count). The average Bonchev–Trinajstić information content (AvgIpc) is 4.51. The number of carbonyl (C=O) groups is 4. The number of hydrogen-bond donors (Lipinski definition) is 3. The van der Waals surface area contributed by atoms with Gasteiger partial charge < -0.3 is 33.3 Å². The number of hydrogen-bond acceptors (Lipinski definition) is 8. The van der Waals surface area contributed by atoms with Crippen LogP contribution in [0.5, 0.6) is 0 Å². The predicted molar refractivity (Wildman–Crippen MR) is 299 cm³/mol. The number of imide groups is 2. The Hall–Kier alpha value is -8.13. The molecule has 10 aromatic rings. The first kappa shape index (κ1) is 49.4. The highest BCUT2D eigenvalue weighted by Crippen LogP contribution is 2.52. The van der Waals surface area contributed by atoms with Gasteiger partial charge in [0, 0.05) is 77.0 Å². The maximum absolute atomic E-state index is 14.6. The zero-order valence-electron chi connectivity index (χ0n) is 42.8. The molecule has 8 heterocycles. The predicted octanol–water partition coefficient (Wildman–Crippen LogP) is 11.2. The first-order valence-corrected chi connectivity index (χ1v) is 28.5. The minimum Gasteiger partial charge on any atom is -0.376 e. The Labute approximate surface area is 449 Å². The van der Waals surface area contributed by atoms with Gasteiger partial charge in [-0.3, -0.25) is 33.5 Å². The molecule has 0 saturated carbocycles. The van der Waals surface area contributed by atoms with Crippen molar-refractivity contribution in [2.24, 2.45) is 0 Å². The third kappa shape index (κ3) is 8.60. The lowest BCUT2D eigenvalue weighted by Gasteiger charge is -2.22. The van der Waals surface area contributed by atoms with Crippen LogP contribution in [-0.4, -0.2) is 77.1 Å². The van der Waals surface area contributed by atoms with Crippen molar-refractivity contribution < 1.29 is 37.9 Å². The Morgan fingerprint density at radius 3 is 1.36 bits per heavy atom. The van der Waals surface area contributed by atoms with Crippen LogP contribution in [0.25, 0.3) is 43.6 Å². The van der Waals surface area contributed by atoms with Crippen LogP contribution < -0.4 is 0 Å². The summed E-state index contributed by atoms with van der Waals surface area (Å²) in [6.45, 7) is 1.25. The standard InChI is InChI=1S/C39H36N3O5P.C24H21N3O3/c43-38-35(32-23-40-34-19-8-7-17-30(32)34)36(33-24-41-20-10-16-29-15-9-18-31(33)37(29)41)39(44)42(38)21-22-48(45,46-25-27-11-3-1-4-12-27)47-26-28-13-5-2-6-14-28;28-13-27-23(29)20(17-11-25-19-9-2-1-7-15(17)19)21(24(27)30)18-12-26-10-4-6-14-5-3-8-16(18)22(14)26/h1-9,11-15,17-19,23-24,35-36,40H,10,16,20-22,25-26H2;1-3,5,7-9,11-12,20-21,25,28H,4,6,10,13H2.